The van der Waals surface area contributed by atoms with Crippen molar-refractivity contribution < 1.29 is 5.11 Å². The van der Waals surface area contributed by atoms with E-state index in [2.05, 4.69) is 24.1 Å². The molecule has 1 aliphatic heterocycles. The second-order valence-electron chi connectivity index (χ2n) is 5.71. The number of piperidine rings is 1. The van der Waals surface area contributed by atoms with Crippen molar-refractivity contribution >= 4 is 0 Å². The van der Waals surface area contributed by atoms with Gasteiger partial charge in [0, 0.05) is 18.1 Å². The summed E-state index contributed by atoms with van der Waals surface area (Å²) in [4.78, 5) is 2.61. The molecule has 1 heterocycles. The Morgan fingerprint density at radius 1 is 1.24 bits per heavy atom. The number of hydrogen-bond donors (Lipinski definition) is 2. The van der Waals surface area contributed by atoms with Gasteiger partial charge in [-0.05, 0) is 52.1 Å². The fourth-order valence-corrected chi connectivity index (χ4v) is 3.69. The first-order chi connectivity index (χ1) is 8.24. The van der Waals surface area contributed by atoms with E-state index in [0.717, 1.165) is 13.0 Å². The molecule has 100 valence electrons. The fraction of sp³-hybridized carbons (Fsp3) is 1.00. The summed E-state index contributed by atoms with van der Waals surface area (Å²) in [6, 6.07) is 1.61. The van der Waals surface area contributed by atoms with E-state index in [4.69, 9.17) is 0 Å². The highest BCUT2D eigenvalue weighted by Gasteiger charge is 2.37. The zero-order chi connectivity index (χ0) is 12.3. The number of nitrogens with one attached hydrogen (secondary N) is 1. The molecule has 0 spiro atoms. The van der Waals surface area contributed by atoms with Crippen molar-refractivity contribution in [3.8, 4) is 0 Å². The van der Waals surface area contributed by atoms with Crippen LogP contribution < -0.4 is 5.32 Å². The lowest BCUT2D eigenvalue weighted by Crippen LogP contribution is -2.56. The summed E-state index contributed by atoms with van der Waals surface area (Å²) in [5.41, 5.74) is 0. The van der Waals surface area contributed by atoms with E-state index >= 15 is 0 Å². The quantitative estimate of drug-likeness (QED) is 0.786. The highest BCUT2D eigenvalue weighted by molar-refractivity contribution is 4.93. The molecule has 17 heavy (non-hydrogen) atoms. The standard InChI is InChI=1S/C14H28N2O/c1-3-15-11(2)12-7-4-5-10-16(12)13-8-6-9-14(13)17/h11-15,17H,3-10H2,1-2H3. The van der Waals surface area contributed by atoms with Crippen LogP contribution in [0.3, 0.4) is 0 Å². The zero-order valence-corrected chi connectivity index (χ0v) is 11.4. The van der Waals surface area contributed by atoms with Crippen molar-refractivity contribution in [1.82, 2.24) is 10.2 Å². The molecular formula is C14H28N2O. The van der Waals surface area contributed by atoms with Gasteiger partial charge < -0.3 is 10.4 Å². The van der Waals surface area contributed by atoms with Crippen LogP contribution in [0.5, 0.6) is 0 Å². The topological polar surface area (TPSA) is 35.5 Å². The molecular weight excluding hydrogens is 212 g/mol. The monoisotopic (exact) mass is 240 g/mol. The Hall–Kier alpha value is -0.120. The summed E-state index contributed by atoms with van der Waals surface area (Å²) in [5.74, 6) is 0. The summed E-state index contributed by atoms with van der Waals surface area (Å²) in [7, 11) is 0. The number of rotatable bonds is 4. The Bertz CT molecular complexity index is 234. The highest BCUT2D eigenvalue weighted by Crippen LogP contribution is 2.30. The molecule has 0 aromatic carbocycles. The molecule has 2 rings (SSSR count). The Labute approximate surface area is 106 Å². The van der Waals surface area contributed by atoms with Crippen molar-refractivity contribution in [2.75, 3.05) is 13.1 Å². The second kappa shape index (κ2) is 6.17. The van der Waals surface area contributed by atoms with Gasteiger partial charge in [0.1, 0.15) is 0 Å². The number of aliphatic hydroxyl groups is 1. The molecule has 4 unspecified atom stereocenters. The SMILES string of the molecule is CCNC(C)C1CCCCN1C1CCCC1O. The molecule has 1 aliphatic carbocycles. The minimum Gasteiger partial charge on any atom is -0.391 e. The van der Waals surface area contributed by atoms with E-state index < -0.39 is 0 Å². The zero-order valence-electron chi connectivity index (χ0n) is 11.4. The fourth-order valence-electron chi connectivity index (χ4n) is 3.69. The van der Waals surface area contributed by atoms with Crippen LogP contribution in [0, 0.1) is 0 Å². The normalized spacial score (nSPS) is 37.2. The predicted octanol–water partition coefficient (Wildman–Crippen LogP) is 1.75. The van der Waals surface area contributed by atoms with Gasteiger partial charge in [-0.15, -0.1) is 0 Å². The van der Waals surface area contributed by atoms with Gasteiger partial charge in [0.2, 0.25) is 0 Å². The van der Waals surface area contributed by atoms with E-state index in [-0.39, 0.29) is 6.10 Å². The Balaban J connectivity index is 2.00. The average molecular weight is 240 g/mol. The molecule has 3 nitrogen and oxygen atoms in total. The highest BCUT2D eigenvalue weighted by atomic mass is 16.3. The van der Waals surface area contributed by atoms with Crippen molar-refractivity contribution in [2.45, 2.75) is 76.6 Å². The minimum atomic E-state index is -0.0792. The van der Waals surface area contributed by atoms with Gasteiger partial charge in [0.15, 0.2) is 0 Å². The molecule has 1 saturated carbocycles. The van der Waals surface area contributed by atoms with Gasteiger partial charge in [-0.25, -0.2) is 0 Å². The largest absolute Gasteiger partial charge is 0.391 e. The number of likely N-dealkylation sites (tertiary alicyclic amines) is 1. The molecule has 4 atom stereocenters. The third-order valence-corrected chi connectivity index (χ3v) is 4.57. The average Bonchev–Trinajstić information content (AvgIpc) is 2.76. The summed E-state index contributed by atoms with van der Waals surface area (Å²) in [6.45, 7) is 6.70. The van der Waals surface area contributed by atoms with Crippen molar-refractivity contribution in [3.63, 3.8) is 0 Å². The molecule has 2 N–H and O–H groups in total. The molecule has 1 saturated heterocycles. The van der Waals surface area contributed by atoms with Crippen LogP contribution in [0.2, 0.25) is 0 Å². The summed E-state index contributed by atoms with van der Waals surface area (Å²) in [5, 5.41) is 13.7. The third kappa shape index (κ3) is 3.01. The number of hydrogen-bond acceptors (Lipinski definition) is 3. The maximum absolute atomic E-state index is 10.1. The van der Waals surface area contributed by atoms with Crippen molar-refractivity contribution in [1.29, 1.82) is 0 Å². The van der Waals surface area contributed by atoms with Crippen LogP contribution in [-0.2, 0) is 0 Å². The lowest BCUT2D eigenvalue weighted by molar-refractivity contribution is 0.0141. The molecule has 0 bridgehead atoms. The first-order valence-corrected chi connectivity index (χ1v) is 7.41. The van der Waals surface area contributed by atoms with E-state index in [1.165, 1.54) is 38.6 Å². The van der Waals surface area contributed by atoms with E-state index in [1.807, 2.05) is 0 Å². The van der Waals surface area contributed by atoms with Crippen LogP contribution in [0.4, 0.5) is 0 Å². The maximum atomic E-state index is 10.1. The van der Waals surface area contributed by atoms with Gasteiger partial charge in [0.25, 0.3) is 0 Å². The maximum Gasteiger partial charge on any atom is 0.0695 e. The molecule has 0 amide bonds. The molecule has 2 aliphatic rings. The van der Waals surface area contributed by atoms with Gasteiger partial charge in [-0.1, -0.05) is 13.3 Å². The lowest BCUT2D eigenvalue weighted by Gasteiger charge is -2.44. The summed E-state index contributed by atoms with van der Waals surface area (Å²) in [6.07, 6.45) is 7.25. The first-order valence-electron chi connectivity index (χ1n) is 7.41. The second-order valence-corrected chi connectivity index (χ2v) is 5.71. The Kier molecular flexibility index (Phi) is 4.83. The molecule has 0 radical (unpaired) electrons. The van der Waals surface area contributed by atoms with Gasteiger partial charge >= 0.3 is 0 Å². The third-order valence-electron chi connectivity index (χ3n) is 4.57. The van der Waals surface area contributed by atoms with Gasteiger partial charge in [0.05, 0.1) is 6.10 Å². The molecule has 3 heteroatoms. The predicted molar refractivity (Wildman–Crippen MR) is 71.1 cm³/mol. The Morgan fingerprint density at radius 2 is 2.06 bits per heavy atom. The van der Waals surface area contributed by atoms with E-state index in [9.17, 15) is 5.11 Å². The van der Waals surface area contributed by atoms with Crippen LogP contribution in [0.1, 0.15) is 52.4 Å². The van der Waals surface area contributed by atoms with E-state index in [0.29, 0.717) is 18.1 Å². The first kappa shape index (κ1) is 13.3. The van der Waals surface area contributed by atoms with Crippen LogP contribution in [-0.4, -0.2) is 47.3 Å². The number of aliphatic hydroxyl groups excluding tert-OH is 1. The van der Waals surface area contributed by atoms with Crippen molar-refractivity contribution in [3.05, 3.63) is 0 Å². The minimum absolute atomic E-state index is 0.0792. The van der Waals surface area contributed by atoms with Gasteiger partial charge in [-0.2, -0.15) is 0 Å². The Morgan fingerprint density at radius 3 is 2.71 bits per heavy atom. The number of likely N-dealkylation sites (N-methyl/N-ethyl adjacent to an activating group) is 1. The van der Waals surface area contributed by atoms with Crippen LogP contribution in [0.15, 0.2) is 0 Å². The summed E-state index contributed by atoms with van der Waals surface area (Å²) < 4.78 is 0. The number of nitrogens with zero attached hydrogens (tertiary/aromatic N) is 1. The van der Waals surface area contributed by atoms with E-state index in [1.54, 1.807) is 0 Å². The van der Waals surface area contributed by atoms with Gasteiger partial charge in [-0.3, -0.25) is 4.90 Å². The molecule has 2 fully saturated rings. The molecule has 0 aromatic heterocycles. The molecule has 0 aromatic rings. The summed E-state index contributed by atoms with van der Waals surface area (Å²) >= 11 is 0. The smallest absolute Gasteiger partial charge is 0.0695 e. The van der Waals surface area contributed by atoms with Crippen LogP contribution in [0.25, 0.3) is 0 Å². The van der Waals surface area contributed by atoms with Crippen LogP contribution >= 0.6 is 0 Å². The lowest BCUT2D eigenvalue weighted by atomic mass is 9.93. The van der Waals surface area contributed by atoms with Crippen molar-refractivity contribution in [2.24, 2.45) is 0 Å².